The molecule has 8 rings (SSSR count). The van der Waals surface area contributed by atoms with Gasteiger partial charge >= 0.3 is 0 Å². The third kappa shape index (κ3) is 6.08. The van der Waals surface area contributed by atoms with Crippen LogP contribution in [-0.4, -0.2) is 24.5 Å². The third-order valence-electron chi connectivity index (χ3n) is 7.35. The summed E-state index contributed by atoms with van der Waals surface area (Å²) in [4.78, 5) is 17.4. The van der Waals surface area contributed by atoms with Gasteiger partial charge in [-0.15, -0.1) is 0 Å². The number of benzene rings is 4. The second-order valence-corrected chi connectivity index (χ2v) is 10.7. The molecule has 0 saturated carbocycles. The summed E-state index contributed by atoms with van der Waals surface area (Å²) in [5, 5.41) is 1.82. The van der Waals surface area contributed by atoms with Crippen LogP contribution in [0.3, 0.4) is 0 Å². The summed E-state index contributed by atoms with van der Waals surface area (Å²) in [6.07, 6.45) is 5.98. The lowest BCUT2D eigenvalue weighted by atomic mass is 10.1. The molecule has 0 aliphatic carbocycles. The maximum atomic E-state index is 7.79. The molecular formula is C39H27N5O4. The fourth-order valence-electron chi connectivity index (χ4n) is 5.29. The molecule has 0 saturated heterocycles. The first kappa shape index (κ1) is 25.5. The van der Waals surface area contributed by atoms with Crippen molar-refractivity contribution in [1.82, 2.24) is 24.5 Å². The Balaban J connectivity index is 1.16. The maximum Gasteiger partial charge on any atom is 0.234 e. The highest BCUT2D eigenvalue weighted by molar-refractivity contribution is 6.09. The molecule has 4 heterocycles. The van der Waals surface area contributed by atoms with E-state index in [1.165, 1.54) is 12.4 Å². The molecule has 0 atom stereocenters. The van der Waals surface area contributed by atoms with Gasteiger partial charge in [-0.25, -0.2) is 19.9 Å². The van der Waals surface area contributed by atoms with Gasteiger partial charge in [-0.05, 0) is 73.1 Å². The zero-order valence-electron chi connectivity index (χ0n) is 28.2. The number of hydrogen-bond acceptors (Lipinski definition) is 8. The highest BCUT2D eigenvalue weighted by Gasteiger charge is 2.17. The Bertz CT molecular complexity index is 2330. The summed E-state index contributed by atoms with van der Waals surface area (Å²) in [6.45, 7) is -2.34. The minimum atomic E-state index is -2.34. The number of hydrogen-bond donors (Lipinski definition) is 0. The molecule has 0 amide bonds. The lowest BCUT2D eigenvalue weighted by molar-refractivity contribution is 0.448. The van der Waals surface area contributed by atoms with Crippen LogP contribution in [0.15, 0.2) is 146 Å². The summed E-state index contributed by atoms with van der Waals surface area (Å²) in [5.41, 5.74) is 1.53. The molecule has 0 spiro atoms. The van der Waals surface area contributed by atoms with E-state index < -0.39 is 6.85 Å². The number of nitrogens with zero attached hydrogens (tertiary/aromatic N) is 5. The Morgan fingerprint density at radius 2 is 0.958 bits per heavy atom. The minimum absolute atomic E-state index is 0.0423. The number of pyridine rings is 2. The van der Waals surface area contributed by atoms with Gasteiger partial charge in [0.1, 0.15) is 34.5 Å². The summed E-state index contributed by atoms with van der Waals surface area (Å²) in [6, 6.07) is 36.9. The van der Waals surface area contributed by atoms with Gasteiger partial charge in [-0.1, -0.05) is 24.3 Å². The molecule has 0 fully saturated rings. The topological polar surface area (TPSA) is 93.4 Å². The average molecular weight is 633 g/mol. The Morgan fingerprint density at radius 3 is 1.42 bits per heavy atom. The van der Waals surface area contributed by atoms with E-state index in [2.05, 4.69) is 19.9 Å². The number of aromatic nitrogens is 5. The number of rotatable bonds is 9. The van der Waals surface area contributed by atoms with E-state index in [4.69, 9.17) is 23.1 Å². The van der Waals surface area contributed by atoms with Crippen LogP contribution in [0, 0.1) is 6.85 Å². The first-order valence-electron chi connectivity index (χ1n) is 16.5. The van der Waals surface area contributed by atoms with Gasteiger partial charge in [0.25, 0.3) is 0 Å². The zero-order chi connectivity index (χ0) is 34.8. The smallest absolute Gasteiger partial charge is 0.234 e. The van der Waals surface area contributed by atoms with Crippen molar-refractivity contribution < 1.29 is 23.1 Å². The predicted octanol–water partition coefficient (Wildman–Crippen LogP) is 9.84. The van der Waals surface area contributed by atoms with Crippen LogP contribution < -0.4 is 18.9 Å². The first-order valence-corrected chi connectivity index (χ1v) is 15.0. The van der Waals surface area contributed by atoms with Gasteiger partial charge in [-0.2, -0.15) is 0 Å². The van der Waals surface area contributed by atoms with Crippen molar-refractivity contribution in [3.8, 4) is 52.2 Å². The maximum absolute atomic E-state index is 7.79. The minimum Gasteiger partial charge on any atom is -0.457 e. The summed E-state index contributed by atoms with van der Waals surface area (Å²) in [5.74, 6) is 4.62. The van der Waals surface area contributed by atoms with Crippen LogP contribution >= 0.6 is 0 Å². The number of fused-ring (bicyclic) bond motifs is 3. The molecule has 9 heteroatoms. The SMILES string of the molecule is [2H]C([2H])([2H])c1cnc(-n2c3cc(Oc4cccc(Oc5ccccn5)c4)ccc3c3ccc(Oc4cccc(Oc5ccccn5)c4)cc32)nc1. The van der Waals surface area contributed by atoms with Crippen LogP contribution in [0.25, 0.3) is 27.8 Å². The average Bonchev–Trinajstić information content (AvgIpc) is 3.45. The van der Waals surface area contributed by atoms with Crippen molar-refractivity contribution >= 4 is 21.8 Å². The van der Waals surface area contributed by atoms with E-state index in [0.29, 0.717) is 46.3 Å². The number of aryl methyl sites for hydroxylation is 1. The van der Waals surface area contributed by atoms with Gasteiger partial charge in [0.15, 0.2) is 0 Å². The van der Waals surface area contributed by atoms with E-state index in [0.717, 1.165) is 21.8 Å². The monoisotopic (exact) mass is 632 g/mol. The lowest BCUT2D eigenvalue weighted by Gasteiger charge is -2.10. The van der Waals surface area contributed by atoms with Crippen molar-refractivity contribution in [2.75, 3.05) is 0 Å². The number of ether oxygens (including phenoxy) is 4. The van der Waals surface area contributed by atoms with Crippen molar-refractivity contribution in [2.45, 2.75) is 6.85 Å². The van der Waals surface area contributed by atoms with Gasteiger partial charge in [0.05, 0.1) is 11.0 Å². The lowest BCUT2D eigenvalue weighted by Crippen LogP contribution is -2.01. The standard InChI is InChI=1S/C39H27N5O4/c1-26-24-42-39(43-25-26)44-35-22-31(45-27-8-6-10-29(20-27)47-37-12-2-4-18-40-37)14-16-33(35)34-17-15-32(23-36(34)44)46-28-9-7-11-30(21-28)48-38-13-3-5-19-41-38/h2-25H,1H3/i1D3. The van der Waals surface area contributed by atoms with Gasteiger partial charge < -0.3 is 18.9 Å². The Morgan fingerprint density at radius 1 is 0.479 bits per heavy atom. The van der Waals surface area contributed by atoms with Gasteiger partial charge in [0, 0.05) is 76.1 Å². The quantitative estimate of drug-likeness (QED) is 0.155. The van der Waals surface area contributed by atoms with Crippen molar-refractivity contribution in [1.29, 1.82) is 0 Å². The molecule has 4 aromatic carbocycles. The van der Waals surface area contributed by atoms with E-state index in [1.54, 1.807) is 36.7 Å². The molecule has 0 aliphatic rings. The van der Waals surface area contributed by atoms with E-state index >= 15 is 0 Å². The molecule has 0 unspecified atom stereocenters. The second-order valence-electron chi connectivity index (χ2n) is 10.7. The van der Waals surface area contributed by atoms with Gasteiger partial charge in [-0.3, -0.25) is 4.57 Å². The molecule has 0 bridgehead atoms. The molecule has 9 nitrogen and oxygen atoms in total. The zero-order valence-corrected chi connectivity index (χ0v) is 25.2. The van der Waals surface area contributed by atoms with Gasteiger partial charge in [0.2, 0.25) is 17.7 Å². The van der Waals surface area contributed by atoms with Crippen LogP contribution in [0.1, 0.15) is 9.68 Å². The molecule has 8 aromatic rings. The molecule has 4 aromatic heterocycles. The van der Waals surface area contributed by atoms with E-state index in [1.807, 2.05) is 102 Å². The molecule has 48 heavy (non-hydrogen) atoms. The van der Waals surface area contributed by atoms with Crippen LogP contribution in [0.4, 0.5) is 0 Å². The predicted molar refractivity (Wildman–Crippen MR) is 183 cm³/mol. The van der Waals surface area contributed by atoms with Crippen LogP contribution in [-0.2, 0) is 0 Å². The van der Waals surface area contributed by atoms with Crippen molar-refractivity contribution in [3.63, 3.8) is 0 Å². The highest BCUT2D eigenvalue weighted by Crippen LogP contribution is 2.38. The summed E-state index contributed by atoms with van der Waals surface area (Å²) in [7, 11) is 0. The Hall–Kier alpha value is -6.74. The normalized spacial score (nSPS) is 12.2. The molecular weight excluding hydrogens is 602 g/mol. The summed E-state index contributed by atoms with van der Waals surface area (Å²) < 4.78 is 49.6. The third-order valence-corrected chi connectivity index (χ3v) is 7.35. The van der Waals surface area contributed by atoms with Crippen molar-refractivity contribution in [3.05, 3.63) is 152 Å². The molecule has 0 radical (unpaired) electrons. The molecule has 0 N–H and O–H groups in total. The first-order chi connectivity index (χ1) is 24.9. The fraction of sp³-hybridized carbons (Fsp3) is 0.0256. The second kappa shape index (κ2) is 12.6. The Kier molecular flexibility index (Phi) is 6.67. The van der Waals surface area contributed by atoms with E-state index in [9.17, 15) is 0 Å². The van der Waals surface area contributed by atoms with Crippen LogP contribution in [0.5, 0.6) is 46.3 Å². The largest absolute Gasteiger partial charge is 0.457 e. The fourth-order valence-corrected chi connectivity index (χ4v) is 5.29. The van der Waals surface area contributed by atoms with E-state index in [-0.39, 0.29) is 11.5 Å². The molecule has 0 aliphatic heterocycles. The highest BCUT2D eigenvalue weighted by atomic mass is 16.5. The van der Waals surface area contributed by atoms with Crippen molar-refractivity contribution in [2.24, 2.45) is 0 Å². The Labute approximate surface area is 279 Å². The van der Waals surface area contributed by atoms with Crippen LogP contribution in [0.2, 0.25) is 0 Å². The molecule has 232 valence electrons. The summed E-state index contributed by atoms with van der Waals surface area (Å²) >= 11 is 0.